The summed E-state index contributed by atoms with van der Waals surface area (Å²) in [5, 5.41) is 2.68. The summed E-state index contributed by atoms with van der Waals surface area (Å²) in [5.41, 5.74) is 1.13. The van der Waals surface area contributed by atoms with Gasteiger partial charge in [0, 0.05) is 24.7 Å². The molecule has 0 atom stereocenters. The van der Waals surface area contributed by atoms with E-state index in [1.165, 1.54) is 18.2 Å². The maximum absolute atomic E-state index is 12.6. The van der Waals surface area contributed by atoms with Gasteiger partial charge >= 0.3 is 0 Å². The fraction of sp³-hybridized carbons (Fsp3) is 0.304. The van der Waals surface area contributed by atoms with E-state index in [2.05, 4.69) is 15.0 Å². The highest BCUT2D eigenvalue weighted by Crippen LogP contribution is 2.29. The van der Waals surface area contributed by atoms with Crippen LogP contribution in [0.5, 0.6) is 11.5 Å². The van der Waals surface area contributed by atoms with Gasteiger partial charge in [0.2, 0.25) is 5.91 Å². The average Bonchev–Trinajstić information content (AvgIpc) is 3.25. The Balaban J connectivity index is 1.67. The minimum absolute atomic E-state index is 0.0111. The first-order valence-corrected chi connectivity index (χ1v) is 11.7. The summed E-state index contributed by atoms with van der Waals surface area (Å²) in [6, 6.07) is 11.4. The van der Waals surface area contributed by atoms with Gasteiger partial charge in [-0.25, -0.2) is 8.42 Å². The Bertz CT molecular complexity index is 1140. The SMILES string of the molecule is COc1cc(/C=C/C(=O)Nc2cccc(S(=O)(=O)NC3=NCCC3)c2)ccc1OC(C)C. The highest BCUT2D eigenvalue weighted by atomic mass is 32.2. The molecule has 1 aliphatic rings. The topological polar surface area (TPSA) is 106 Å². The van der Waals surface area contributed by atoms with E-state index in [1.54, 1.807) is 37.5 Å². The maximum Gasteiger partial charge on any atom is 0.262 e. The Labute approximate surface area is 188 Å². The van der Waals surface area contributed by atoms with Gasteiger partial charge in [0.05, 0.1) is 18.1 Å². The number of benzene rings is 2. The summed E-state index contributed by atoms with van der Waals surface area (Å²) in [6.45, 7) is 4.48. The molecule has 2 aromatic carbocycles. The first-order valence-electron chi connectivity index (χ1n) is 10.3. The van der Waals surface area contributed by atoms with Crippen molar-refractivity contribution in [2.75, 3.05) is 19.0 Å². The number of nitrogens with one attached hydrogen (secondary N) is 2. The van der Waals surface area contributed by atoms with Crippen molar-refractivity contribution in [3.05, 3.63) is 54.1 Å². The second-order valence-electron chi connectivity index (χ2n) is 7.46. The average molecular weight is 458 g/mol. The predicted molar refractivity (Wildman–Crippen MR) is 125 cm³/mol. The molecule has 8 nitrogen and oxygen atoms in total. The fourth-order valence-electron chi connectivity index (χ4n) is 3.07. The zero-order valence-electron chi connectivity index (χ0n) is 18.3. The fourth-order valence-corrected chi connectivity index (χ4v) is 4.21. The molecule has 0 saturated heterocycles. The van der Waals surface area contributed by atoms with E-state index >= 15 is 0 Å². The Hall–Kier alpha value is -3.33. The molecular formula is C23H27N3O5S. The number of aliphatic imine (C=N–C) groups is 1. The van der Waals surface area contributed by atoms with E-state index in [9.17, 15) is 13.2 Å². The van der Waals surface area contributed by atoms with Crippen molar-refractivity contribution in [2.24, 2.45) is 4.99 Å². The van der Waals surface area contributed by atoms with Crippen LogP contribution in [-0.4, -0.2) is 39.9 Å². The molecule has 0 unspecified atom stereocenters. The van der Waals surface area contributed by atoms with Crippen molar-refractivity contribution in [3.63, 3.8) is 0 Å². The third-order valence-electron chi connectivity index (χ3n) is 4.52. The number of sulfonamides is 1. The molecule has 32 heavy (non-hydrogen) atoms. The number of carbonyl (C=O) groups is 1. The molecule has 3 rings (SSSR count). The summed E-state index contributed by atoms with van der Waals surface area (Å²) in [4.78, 5) is 16.5. The molecule has 1 heterocycles. The minimum Gasteiger partial charge on any atom is -0.493 e. The Morgan fingerprint density at radius 3 is 2.66 bits per heavy atom. The van der Waals surface area contributed by atoms with Crippen LogP contribution in [0.3, 0.4) is 0 Å². The van der Waals surface area contributed by atoms with Crippen LogP contribution < -0.4 is 19.5 Å². The van der Waals surface area contributed by atoms with Gasteiger partial charge in [-0.3, -0.25) is 14.5 Å². The van der Waals surface area contributed by atoms with Gasteiger partial charge in [-0.2, -0.15) is 0 Å². The van der Waals surface area contributed by atoms with Crippen molar-refractivity contribution in [2.45, 2.75) is 37.7 Å². The van der Waals surface area contributed by atoms with Gasteiger partial charge in [-0.05, 0) is 62.2 Å². The minimum atomic E-state index is -3.75. The summed E-state index contributed by atoms with van der Waals surface area (Å²) in [7, 11) is -2.20. The standard InChI is InChI=1S/C23H27N3O5S/c1-16(2)31-20-11-9-17(14-21(20)30-3)10-12-23(27)25-18-6-4-7-19(15-18)32(28,29)26-22-8-5-13-24-22/h4,6-7,9-12,14-16H,5,8,13H2,1-3H3,(H,24,26)(H,25,27)/b12-10+. The molecule has 170 valence electrons. The Morgan fingerprint density at radius 2 is 1.97 bits per heavy atom. The van der Waals surface area contributed by atoms with Crippen LogP contribution in [0.25, 0.3) is 6.08 Å². The summed E-state index contributed by atoms with van der Waals surface area (Å²) in [6.07, 6.45) is 4.45. The van der Waals surface area contributed by atoms with Gasteiger partial charge in [0.25, 0.3) is 10.0 Å². The second-order valence-corrected chi connectivity index (χ2v) is 9.15. The normalized spacial score (nSPS) is 13.8. The molecule has 0 aromatic heterocycles. The second kappa shape index (κ2) is 10.3. The summed E-state index contributed by atoms with van der Waals surface area (Å²) in [5.74, 6) is 1.26. The number of ether oxygens (including phenoxy) is 2. The molecule has 1 aliphatic heterocycles. The van der Waals surface area contributed by atoms with Crippen LogP contribution in [0, 0.1) is 0 Å². The lowest BCUT2D eigenvalue weighted by molar-refractivity contribution is -0.111. The van der Waals surface area contributed by atoms with Gasteiger partial charge in [0.15, 0.2) is 11.5 Å². The lowest BCUT2D eigenvalue weighted by atomic mass is 10.2. The van der Waals surface area contributed by atoms with E-state index in [1.807, 2.05) is 19.9 Å². The van der Waals surface area contributed by atoms with E-state index in [0.29, 0.717) is 36.0 Å². The third-order valence-corrected chi connectivity index (χ3v) is 5.89. The number of hydrogen-bond acceptors (Lipinski definition) is 6. The maximum atomic E-state index is 12.6. The zero-order chi connectivity index (χ0) is 23.1. The highest BCUT2D eigenvalue weighted by Gasteiger charge is 2.18. The van der Waals surface area contributed by atoms with E-state index in [4.69, 9.17) is 9.47 Å². The van der Waals surface area contributed by atoms with Gasteiger partial charge in [-0.15, -0.1) is 0 Å². The number of amidine groups is 1. The predicted octanol–water partition coefficient (Wildman–Crippen LogP) is 3.60. The monoisotopic (exact) mass is 457 g/mol. The first kappa shape index (κ1) is 23.3. The van der Waals surface area contributed by atoms with Gasteiger partial charge in [0.1, 0.15) is 5.84 Å². The Morgan fingerprint density at radius 1 is 1.16 bits per heavy atom. The molecule has 1 amide bonds. The lowest BCUT2D eigenvalue weighted by Crippen LogP contribution is -2.29. The van der Waals surface area contributed by atoms with Crippen molar-refractivity contribution in [1.29, 1.82) is 0 Å². The van der Waals surface area contributed by atoms with Crippen LogP contribution in [-0.2, 0) is 14.8 Å². The van der Waals surface area contributed by atoms with E-state index in [0.717, 1.165) is 12.0 Å². The number of amides is 1. The highest BCUT2D eigenvalue weighted by molar-refractivity contribution is 7.90. The number of carbonyl (C=O) groups excluding carboxylic acids is 1. The molecule has 0 radical (unpaired) electrons. The van der Waals surface area contributed by atoms with Crippen LogP contribution in [0.1, 0.15) is 32.3 Å². The number of anilines is 1. The van der Waals surface area contributed by atoms with Crippen molar-refractivity contribution in [1.82, 2.24) is 4.72 Å². The van der Waals surface area contributed by atoms with Crippen molar-refractivity contribution < 1.29 is 22.7 Å². The zero-order valence-corrected chi connectivity index (χ0v) is 19.1. The summed E-state index contributed by atoms with van der Waals surface area (Å²) >= 11 is 0. The number of rotatable bonds is 8. The van der Waals surface area contributed by atoms with Gasteiger partial charge < -0.3 is 14.8 Å². The van der Waals surface area contributed by atoms with E-state index in [-0.39, 0.29) is 11.0 Å². The molecular weight excluding hydrogens is 430 g/mol. The van der Waals surface area contributed by atoms with Crippen molar-refractivity contribution in [3.8, 4) is 11.5 Å². The van der Waals surface area contributed by atoms with Crippen LogP contribution >= 0.6 is 0 Å². The number of nitrogens with zero attached hydrogens (tertiary/aromatic N) is 1. The van der Waals surface area contributed by atoms with Crippen LogP contribution in [0.4, 0.5) is 5.69 Å². The Kier molecular flexibility index (Phi) is 7.53. The molecule has 2 aromatic rings. The molecule has 0 fully saturated rings. The van der Waals surface area contributed by atoms with Gasteiger partial charge in [-0.1, -0.05) is 12.1 Å². The van der Waals surface area contributed by atoms with E-state index < -0.39 is 15.9 Å². The van der Waals surface area contributed by atoms with Crippen LogP contribution in [0.15, 0.2) is 58.4 Å². The molecule has 0 bridgehead atoms. The molecule has 0 saturated carbocycles. The third kappa shape index (κ3) is 6.34. The quantitative estimate of drug-likeness (QED) is 0.589. The number of methoxy groups -OCH3 is 1. The molecule has 0 aliphatic carbocycles. The van der Waals surface area contributed by atoms with Crippen molar-refractivity contribution >= 4 is 33.5 Å². The smallest absolute Gasteiger partial charge is 0.262 e. The molecule has 0 spiro atoms. The molecule has 9 heteroatoms. The lowest BCUT2D eigenvalue weighted by Gasteiger charge is -2.13. The molecule has 2 N–H and O–H groups in total. The largest absolute Gasteiger partial charge is 0.493 e. The van der Waals surface area contributed by atoms with Crippen LogP contribution in [0.2, 0.25) is 0 Å². The first-order chi connectivity index (χ1) is 15.3. The number of hydrogen-bond donors (Lipinski definition) is 2. The summed E-state index contributed by atoms with van der Waals surface area (Å²) < 4.78 is 38.6.